The zero-order chi connectivity index (χ0) is 25.9. The molecule has 0 aliphatic heterocycles. The largest absolute Gasteiger partial charge is 0.497 e. The molecule has 0 atom stereocenters. The van der Waals surface area contributed by atoms with E-state index in [1.54, 1.807) is 33.1 Å². The molecule has 0 aliphatic carbocycles. The van der Waals surface area contributed by atoms with Gasteiger partial charge in [0.2, 0.25) is 0 Å². The number of thioether (sulfide) groups is 1. The maximum absolute atomic E-state index is 5.36. The molecule has 0 aliphatic rings. The SMILES string of the molecule is Br.COc1ccc(CN(Cc2ccc(OC)cc2)C(=Nc2ccc(OC)cc2)SCc2ccccc2)cc1. The minimum absolute atomic E-state index is 0. The van der Waals surface area contributed by atoms with E-state index in [2.05, 4.69) is 53.4 Å². The summed E-state index contributed by atoms with van der Waals surface area (Å²) >= 11 is 1.74. The Morgan fingerprint density at radius 2 is 1.05 bits per heavy atom. The Morgan fingerprint density at radius 1 is 0.605 bits per heavy atom. The van der Waals surface area contributed by atoms with E-state index in [9.17, 15) is 0 Å². The van der Waals surface area contributed by atoms with Crippen molar-refractivity contribution in [1.29, 1.82) is 0 Å². The van der Waals surface area contributed by atoms with Gasteiger partial charge in [0.25, 0.3) is 0 Å². The van der Waals surface area contributed by atoms with Crippen LogP contribution in [0.1, 0.15) is 16.7 Å². The standard InChI is InChI=1S/C31H32N2O3S.BrH/c1-34-28-15-9-24(10-16-28)21-33(22-25-11-17-29(35-2)18-12-25)31(37-23-26-7-5-4-6-8-26)32-27-13-19-30(36-3)20-14-27;/h4-20H,21-23H2,1-3H3;1H. The Morgan fingerprint density at radius 3 is 1.50 bits per heavy atom. The minimum Gasteiger partial charge on any atom is -0.497 e. The third-order valence-electron chi connectivity index (χ3n) is 5.84. The second-order valence-electron chi connectivity index (χ2n) is 8.42. The molecule has 0 fully saturated rings. The maximum Gasteiger partial charge on any atom is 0.165 e. The van der Waals surface area contributed by atoms with Crippen molar-refractivity contribution in [3.05, 3.63) is 120 Å². The van der Waals surface area contributed by atoms with Crippen molar-refractivity contribution >= 4 is 39.6 Å². The lowest BCUT2D eigenvalue weighted by atomic mass is 10.1. The van der Waals surface area contributed by atoms with Crippen LogP contribution >= 0.6 is 28.7 Å². The lowest BCUT2D eigenvalue weighted by Crippen LogP contribution is -2.28. The van der Waals surface area contributed by atoms with E-state index in [0.717, 1.165) is 33.9 Å². The molecule has 0 saturated carbocycles. The molecule has 5 nitrogen and oxygen atoms in total. The first-order chi connectivity index (χ1) is 18.2. The van der Waals surface area contributed by atoms with Gasteiger partial charge in [-0.15, -0.1) is 17.0 Å². The summed E-state index contributed by atoms with van der Waals surface area (Å²) < 4.78 is 16.1. The average molecular weight is 594 g/mol. The molecule has 0 spiro atoms. The van der Waals surface area contributed by atoms with E-state index in [1.807, 2.05) is 54.6 Å². The molecule has 0 saturated heterocycles. The number of ether oxygens (including phenoxy) is 3. The fourth-order valence-electron chi connectivity index (χ4n) is 3.78. The lowest BCUT2D eigenvalue weighted by Gasteiger charge is -2.26. The van der Waals surface area contributed by atoms with Gasteiger partial charge in [-0.25, -0.2) is 4.99 Å². The molecule has 38 heavy (non-hydrogen) atoms. The molecular formula is C31H33BrN2O3S. The van der Waals surface area contributed by atoms with Crippen LogP contribution < -0.4 is 14.2 Å². The van der Waals surface area contributed by atoms with Crippen LogP contribution in [0.5, 0.6) is 17.2 Å². The van der Waals surface area contributed by atoms with Crippen molar-refractivity contribution in [2.75, 3.05) is 21.3 Å². The number of amidine groups is 1. The van der Waals surface area contributed by atoms with E-state index in [1.165, 1.54) is 16.7 Å². The summed E-state index contributed by atoms with van der Waals surface area (Å²) in [5.41, 5.74) is 4.49. The molecule has 7 heteroatoms. The van der Waals surface area contributed by atoms with Crippen LogP contribution in [-0.2, 0) is 18.8 Å². The van der Waals surface area contributed by atoms with Crippen molar-refractivity contribution in [1.82, 2.24) is 4.90 Å². The van der Waals surface area contributed by atoms with Crippen molar-refractivity contribution in [3.63, 3.8) is 0 Å². The third kappa shape index (κ3) is 8.57. The van der Waals surface area contributed by atoms with Crippen LogP contribution in [0.15, 0.2) is 108 Å². The van der Waals surface area contributed by atoms with Gasteiger partial charge in [-0.05, 0) is 65.2 Å². The number of halogens is 1. The van der Waals surface area contributed by atoms with Crippen LogP contribution in [0.25, 0.3) is 0 Å². The molecule has 0 unspecified atom stereocenters. The van der Waals surface area contributed by atoms with Gasteiger partial charge in [0.05, 0.1) is 27.0 Å². The molecule has 4 rings (SSSR count). The van der Waals surface area contributed by atoms with Crippen LogP contribution in [0.4, 0.5) is 5.69 Å². The molecule has 0 bridgehead atoms. The Balaban J connectivity index is 0.00000400. The van der Waals surface area contributed by atoms with Crippen molar-refractivity contribution in [2.45, 2.75) is 18.8 Å². The summed E-state index contributed by atoms with van der Waals surface area (Å²) in [5.74, 6) is 3.31. The van der Waals surface area contributed by atoms with Crippen LogP contribution in [0.2, 0.25) is 0 Å². The molecule has 0 N–H and O–H groups in total. The Hall–Kier alpha value is -3.42. The van der Waals surface area contributed by atoms with Gasteiger partial charge in [-0.2, -0.15) is 0 Å². The zero-order valence-electron chi connectivity index (χ0n) is 21.9. The molecule has 0 radical (unpaired) electrons. The summed E-state index contributed by atoms with van der Waals surface area (Å²) in [5, 5.41) is 0.945. The summed E-state index contributed by atoms with van der Waals surface area (Å²) in [7, 11) is 5.04. The van der Waals surface area contributed by atoms with Crippen LogP contribution in [-0.4, -0.2) is 31.4 Å². The quantitative estimate of drug-likeness (QED) is 0.138. The Labute approximate surface area is 240 Å². The number of aliphatic imine (C=N–C) groups is 1. The minimum atomic E-state index is 0. The molecule has 4 aromatic rings. The van der Waals surface area contributed by atoms with E-state index in [4.69, 9.17) is 19.2 Å². The smallest absolute Gasteiger partial charge is 0.165 e. The van der Waals surface area contributed by atoms with Gasteiger partial charge in [0.15, 0.2) is 5.17 Å². The van der Waals surface area contributed by atoms with Gasteiger partial charge >= 0.3 is 0 Å². The molecule has 0 aromatic heterocycles. The monoisotopic (exact) mass is 592 g/mol. The normalized spacial score (nSPS) is 10.9. The van der Waals surface area contributed by atoms with Crippen LogP contribution in [0.3, 0.4) is 0 Å². The van der Waals surface area contributed by atoms with Crippen molar-refractivity contribution < 1.29 is 14.2 Å². The maximum atomic E-state index is 5.36. The third-order valence-corrected chi connectivity index (χ3v) is 6.93. The average Bonchev–Trinajstić information content (AvgIpc) is 2.96. The molecule has 0 amide bonds. The predicted octanol–water partition coefficient (Wildman–Crippen LogP) is 7.91. The Bertz CT molecular complexity index is 1220. The van der Waals surface area contributed by atoms with E-state index < -0.39 is 0 Å². The second-order valence-corrected chi connectivity index (χ2v) is 9.36. The van der Waals surface area contributed by atoms with E-state index in [-0.39, 0.29) is 17.0 Å². The van der Waals surface area contributed by atoms with Gasteiger partial charge in [-0.3, -0.25) is 0 Å². The van der Waals surface area contributed by atoms with Gasteiger partial charge in [0.1, 0.15) is 17.2 Å². The molecule has 4 aromatic carbocycles. The number of nitrogens with zero attached hydrogens (tertiary/aromatic N) is 2. The van der Waals surface area contributed by atoms with Gasteiger partial charge in [-0.1, -0.05) is 66.4 Å². The fraction of sp³-hybridized carbons (Fsp3) is 0.194. The first kappa shape index (κ1) is 29.1. The molecule has 198 valence electrons. The Kier molecular flexibility index (Phi) is 11.6. The van der Waals surface area contributed by atoms with Crippen LogP contribution in [0, 0.1) is 0 Å². The highest BCUT2D eigenvalue weighted by Crippen LogP contribution is 2.26. The number of benzene rings is 4. The molecular weight excluding hydrogens is 560 g/mol. The highest BCUT2D eigenvalue weighted by molar-refractivity contribution is 8.93. The lowest BCUT2D eigenvalue weighted by molar-refractivity contribution is 0.405. The number of hydrogen-bond acceptors (Lipinski definition) is 5. The summed E-state index contributed by atoms with van der Waals surface area (Å²) in [6.07, 6.45) is 0. The second kappa shape index (κ2) is 15.1. The molecule has 0 heterocycles. The predicted molar refractivity (Wildman–Crippen MR) is 163 cm³/mol. The highest BCUT2D eigenvalue weighted by atomic mass is 79.9. The zero-order valence-corrected chi connectivity index (χ0v) is 24.4. The topological polar surface area (TPSA) is 43.3 Å². The number of hydrogen-bond donors (Lipinski definition) is 0. The number of methoxy groups -OCH3 is 3. The fourth-order valence-corrected chi connectivity index (χ4v) is 4.75. The van der Waals surface area contributed by atoms with E-state index in [0.29, 0.717) is 13.1 Å². The summed E-state index contributed by atoms with van der Waals surface area (Å²) in [4.78, 5) is 7.43. The first-order valence-electron chi connectivity index (χ1n) is 12.1. The van der Waals surface area contributed by atoms with Gasteiger partial charge in [0, 0.05) is 18.8 Å². The van der Waals surface area contributed by atoms with Crippen molar-refractivity contribution in [2.24, 2.45) is 4.99 Å². The highest BCUT2D eigenvalue weighted by Gasteiger charge is 2.15. The summed E-state index contributed by atoms with van der Waals surface area (Å²) in [6.45, 7) is 1.40. The van der Waals surface area contributed by atoms with Crippen molar-refractivity contribution in [3.8, 4) is 17.2 Å². The summed E-state index contributed by atoms with van der Waals surface area (Å²) in [6, 6.07) is 34.7. The van der Waals surface area contributed by atoms with E-state index >= 15 is 0 Å². The first-order valence-corrected chi connectivity index (χ1v) is 13.1. The number of rotatable bonds is 10. The van der Waals surface area contributed by atoms with Gasteiger partial charge < -0.3 is 19.1 Å².